The fraction of sp³-hybridized carbons (Fsp3) is 0.300. The number of fused-ring (bicyclic) bond motifs is 1. The van der Waals surface area contributed by atoms with Crippen LogP contribution in [0.15, 0.2) is 47.3 Å². The van der Waals surface area contributed by atoms with Gasteiger partial charge in [-0.15, -0.1) is 0 Å². The summed E-state index contributed by atoms with van der Waals surface area (Å²) in [5, 5.41) is 3.11. The van der Waals surface area contributed by atoms with Crippen LogP contribution in [0, 0.1) is 0 Å². The predicted octanol–water partition coefficient (Wildman–Crippen LogP) is 4.09. The number of halogens is 1. The van der Waals surface area contributed by atoms with E-state index in [0.29, 0.717) is 16.4 Å². The highest BCUT2D eigenvalue weighted by Gasteiger charge is 2.29. The van der Waals surface area contributed by atoms with Crippen molar-refractivity contribution in [3.8, 4) is 0 Å². The first kappa shape index (κ1) is 22.3. The fourth-order valence-electron chi connectivity index (χ4n) is 3.27. The molecular weight excluding hydrogens is 446 g/mol. The van der Waals surface area contributed by atoms with Crippen LogP contribution in [0.2, 0.25) is 5.02 Å². The maximum atomic E-state index is 12.9. The van der Waals surface area contributed by atoms with E-state index >= 15 is 0 Å². The van der Waals surface area contributed by atoms with Crippen molar-refractivity contribution in [1.29, 1.82) is 0 Å². The molecule has 1 unspecified atom stereocenters. The standard InChI is InChI=1S/C20H22ClN3O4S2/c1-12(2)23-17-9-8-15(11-18(17)29-20(23)26)22-19(25)13(3)24(30(4,27)28)16-7-5-6-14(21)10-16/h5-13H,1-4H3,(H,22,25). The van der Waals surface area contributed by atoms with Crippen LogP contribution in [-0.2, 0) is 14.8 Å². The van der Waals surface area contributed by atoms with E-state index in [1.165, 1.54) is 13.0 Å². The lowest BCUT2D eigenvalue weighted by molar-refractivity contribution is -0.116. The van der Waals surface area contributed by atoms with E-state index in [2.05, 4.69) is 5.32 Å². The lowest BCUT2D eigenvalue weighted by Gasteiger charge is -2.28. The van der Waals surface area contributed by atoms with Crippen molar-refractivity contribution in [3.63, 3.8) is 0 Å². The summed E-state index contributed by atoms with van der Waals surface area (Å²) in [5.74, 6) is -0.504. The van der Waals surface area contributed by atoms with Gasteiger partial charge in [0.25, 0.3) is 0 Å². The third-order valence-corrected chi connectivity index (χ3v) is 6.94. The number of rotatable bonds is 6. The molecule has 0 spiro atoms. The molecule has 10 heteroatoms. The minimum atomic E-state index is -3.75. The zero-order valence-electron chi connectivity index (χ0n) is 16.9. The molecule has 3 rings (SSSR count). The molecular formula is C20H22ClN3O4S2. The smallest absolute Gasteiger partial charge is 0.308 e. The van der Waals surface area contributed by atoms with E-state index < -0.39 is 22.0 Å². The van der Waals surface area contributed by atoms with Crippen LogP contribution in [-0.4, -0.2) is 31.2 Å². The van der Waals surface area contributed by atoms with Gasteiger partial charge < -0.3 is 5.32 Å². The van der Waals surface area contributed by atoms with Crippen molar-refractivity contribution in [1.82, 2.24) is 4.57 Å². The normalized spacial score (nSPS) is 12.9. The predicted molar refractivity (Wildman–Crippen MR) is 123 cm³/mol. The molecule has 7 nitrogen and oxygen atoms in total. The van der Waals surface area contributed by atoms with Crippen molar-refractivity contribution >= 4 is 60.5 Å². The number of nitrogens with one attached hydrogen (secondary N) is 1. The Morgan fingerprint density at radius 3 is 2.47 bits per heavy atom. The van der Waals surface area contributed by atoms with Gasteiger partial charge in [-0.1, -0.05) is 29.0 Å². The monoisotopic (exact) mass is 467 g/mol. The van der Waals surface area contributed by atoms with Crippen LogP contribution in [0.1, 0.15) is 26.8 Å². The van der Waals surface area contributed by atoms with Gasteiger partial charge in [0.05, 0.1) is 22.2 Å². The Labute approximate surface area is 183 Å². The second kappa shape index (κ2) is 8.41. The summed E-state index contributed by atoms with van der Waals surface area (Å²) < 4.78 is 28.2. The lowest BCUT2D eigenvalue weighted by atomic mass is 10.2. The van der Waals surface area contributed by atoms with Gasteiger partial charge in [-0.25, -0.2) is 8.42 Å². The number of amides is 1. The molecule has 0 fully saturated rings. The average Bonchev–Trinajstić information content (AvgIpc) is 2.95. The van der Waals surface area contributed by atoms with Crippen LogP contribution in [0.4, 0.5) is 11.4 Å². The second-order valence-corrected chi connectivity index (χ2v) is 10.5. The van der Waals surface area contributed by atoms with Crippen LogP contribution in [0.25, 0.3) is 10.2 Å². The van der Waals surface area contributed by atoms with E-state index in [0.717, 1.165) is 32.1 Å². The number of thiazole rings is 1. The Morgan fingerprint density at radius 1 is 1.17 bits per heavy atom. The summed E-state index contributed by atoms with van der Waals surface area (Å²) in [6.45, 7) is 5.37. The summed E-state index contributed by atoms with van der Waals surface area (Å²) in [5.41, 5.74) is 1.58. The number of sulfonamides is 1. The second-order valence-electron chi connectivity index (χ2n) is 7.22. The van der Waals surface area contributed by atoms with Gasteiger partial charge in [-0.2, -0.15) is 0 Å². The highest BCUT2D eigenvalue weighted by atomic mass is 35.5. The fourth-order valence-corrected chi connectivity index (χ4v) is 5.68. The van der Waals surface area contributed by atoms with Crippen LogP contribution in [0.3, 0.4) is 0 Å². The first-order valence-electron chi connectivity index (χ1n) is 9.20. The maximum Gasteiger partial charge on any atom is 0.308 e. The molecule has 0 bridgehead atoms. The molecule has 1 heterocycles. The van der Waals surface area contributed by atoms with Gasteiger partial charge in [0.15, 0.2) is 0 Å². The Kier molecular flexibility index (Phi) is 6.26. The van der Waals surface area contributed by atoms with E-state index in [1.807, 2.05) is 13.8 Å². The summed E-state index contributed by atoms with van der Waals surface area (Å²) in [6, 6.07) is 10.5. The largest absolute Gasteiger partial charge is 0.324 e. The van der Waals surface area contributed by atoms with Crippen LogP contribution in [0.5, 0.6) is 0 Å². The van der Waals surface area contributed by atoms with Gasteiger partial charge in [0, 0.05) is 16.8 Å². The van der Waals surface area contributed by atoms with E-state index in [9.17, 15) is 18.0 Å². The summed E-state index contributed by atoms with van der Waals surface area (Å²) >= 11 is 7.10. The van der Waals surface area contributed by atoms with E-state index in [1.54, 1.807) is 41.0 Å². The number of aromatic nitrogens is 1. The Morgan fingerprint density at radius 2 is 1.87 bits per heavy atom. The zero-order valence-corrected chi connectivity index (χ0v) is 19.3. The molecule has 0 aliphatic carbocycles. The highest BCUT2D eigenvalue weighted by molar-refractivity contribution is 7.92. The number of carbonyl (C=O) groups is 1. The molecule has 3 aromatic rings. The quantitative estimate of drug-likeness (QED) is 0.591. The first-order chi connectivity index (χ1) is 14.0. The van der Waals surface area contributed by atoms with Crippen molar-refractivity contribution in [2.45, 2.75) is 32.9 Å². The Balaban J connectivity index is 1.91. The van der Waals surface area contributed by atoms with Crippen molar-refractivity contribution in [2.24, 2.45) is 0 Å². The van der Waals surface area contributed by atoms with Gasteiger partial charge >= 0.3 is 4.87 Å². The van der Waals surface area contributed by atoms with Crippen molar-refractivity contribution < 1.29 is 13.2 Å². The first-order valence-corrected chi connectivity index (χ1v) is 12.2. The average molecular weight is 468 g/mol. The molecule has 0 saturated heterocycles. The molecule has 0 saturated carbocycles. The SMILES string of the molecule is CC(C(=O)Nc1ccc2c(c1)sc(=O)n2C(C)C)N(c1cccc(Cl)c1)S(C)(=O)=O. The summed E-state index contributed by atoms with van der Waals surface area (Å²) in [7, 11) is -3.75. The number of anilines is 2. The number of benzene rings is 2. The lowest BCUT2D eigenvalue weighted by Crippen LogP contribution is -2.45. The molecule has 0 radical (unpaired) electrons. The zero-order chi connectivity index (χ0) is 22.2. The topological polar surface area (TPSA) is 88.5 Å². The Bertz CT molecular complexity index is 1260. The maximum absolute atomic E-state index is 12.9. The van der Waals surface area contributed by atoms with Gasteiger partial charge in [-0.3, -0.25) is 18.5 Å². The molecule has 1 atom stereocenters. The van der Waals surface area contributed by atoms with Crippen LogP contribution >= 0.6 is 22.9 Å². The number of hydrogen-bond donors (Lipinski definition) is 1. The van der Waals surface area contributed by atoms with E-state index in [-0.39, 0.29) is 10.9 Å². The molecule has 1 N–H and O–H groups in total. The molecule has 1 aromatic heterocycles. The Hall–Kier alpha value is -2.36. The highest BCUT2D eigenvalue weighted by Crippen LogP contribution is 2.26. The third kappa shape index (κ3) is 4.53. The van der Waals surface area contributed by atoms with Crippen LogP contribution < -0.4 is 14.5 Å². The minimum Gasteiger partial charge on any atom is -0.324 e. The summed E-state index contributed by atoms with van der Waals surface area (Å²) in [6.07, 6.45) is 1.04. The van der Waals surface area contributed by atoms with Gasteiger partial charge in [0.1, 0.15) is 6.04 Å². The molecule has 2 aromatic carbocycles. The number of hydrogen-bond acceptors (Lipinski definition) is 5. The van der Waals surface area contributed by atoms with E-state index in [4.69, 9.17) is 11.6 Å². The molecule has 160 valence electrons. The molecule has 0 aliphatic rings. The van der Waals surface area contributed by atoms with Gasteiger partial charge in [0.2, 0.25) is 15.9 Å². The minimum absolute atomic E-state index is 0.0210. The van der Waals surface area contributed by atoms with Crippen molar-refractivity contribution in [3.05, 3.63) is 57.2 Å². The molecule has 1 amide bonds. The van der Waals surface area contributed by atoms with Crippen molar-refractivity contribution in [2.75, 3.05) is 15.9 Å². The number of nitrogens with zero attached hydrogens (tertiary/aromatic N) is 2. The number of carbonyl (C=O) groups excluding carboxylic acids is 1. The third-order valence-electron chi connectivity index (χ3n) is 4.55. The van der Waals surface area contributed by atoms with Gasteiger partial charge in [-0.05, 0) is 57.2 Å². The summed E-state index contributed by atoms with van der Waals surface area (Å²) in [4.78, 5) is 25.0. The molecule has 0 aliphatic heterocycles. The molecule has 30 heavy (non-hydrogen) atoms.